The van der Waals surface area contributed by atoms with E-state index in [1.807, 2.05) is 0 Å². The Balaban J connectivity index is 2.08. The second kappa shape index (κ2) is 5.09. The second-order valence-corrected chi connectivity index (χ2v) is 3.30. The van der Waals surface area contributed by atoms with Gasteiger partial charge in [-0.2, -0.15) is 0 Å². The minimum atomic E-state index is -0.318. The van der Waals surface area contributed by atoms with Gasteiger partial charge in [-0.25, -0.2) is 0 Å². The first kappa shape index (κ1) is 11.8. The lowest BCUT2D eigenvalue weighted by Gasteiger charge is -2.02. The number of methoxy groups -OCH3 is 1. The molecule has 0 bridgehead atoms. The maximum Gasteiger partial charge on any atom is 0.270 e. The number of aromatic nitrogens is 4. The molecule has 2 aromatic rings. The Kier molecular flexibility index (Phi) is 3.33. The molecule has 0 aliphatic heterocycles. The normalized spacial score (nSPS) is 9.83. The van der Waals surface area contributed by atoms with Gasteiger partial charge in [0.1, 0.15) is 5.75 Å². The van der Waals surface area contributed by atoms with Crippen molar-refractivity contribution in [3.8, 4) is 5.75 Å². The molecule has 7 heteroatoms. The SMILES string of the molecule is C=Cn1nnc(NC(=O)c2ccc(OC)cc2)n1. The van der Waals surface area contributed by atoms with Gasteiger partial charge < -0.3 is 4.74 Å². The number of hydrogen-bond acceptors (Lipinski definition) is 5. The lowest BCUT2D eigenvalue weighted by molar-refractivity contribution is 0.102. The van der Waals surface area contributed by atoms with Crippen LogP contribution in [0.25, 0.3) is 6.20 Å². The third-order valence-electron chi connectivity index (χ3n) is 2.17. The number of tetrazole rings is 1. The molecule has 0 spiro atoms. The summed E-state index contributed by atoms with van der Waals surface area (Å²) in [6.45, 7) is 3.47. The van der Waals surface area contributed by atoms with Crippen LogP contribution in [0.2, 0.25) is 0 Å². The van der Waals surface area contributed by atoms with E-state index in [9.17, 15) is 4.79 Å². The lowest BCUT2D eigenvalue weighted by atomic mass is 10.2. The smallest absolute Gasteiger partial charge is 0.270 e. The molecule has 2 rings (SSSR count). The largest absolute Gasteiger partial charge is 0.497 e. The van der Waals surface area contributed by atoms with Gasteiger partial charge in [0.15, 0.2) is 0 Å². The maximum absolute atomic E-state index is 11.8. The van der Waals surface area contributed by atoms with Crippen molar-refractivity contribution in [2.75, 3.05) is 12.4 Å². The summed E-state index contributed by atoms with van der Waals surface area (Å²) in [7, 11) is 1.56. The molecule has 1 aromatic heterocycles. The quantitative estimate of drug-likeness (QED) is 0.870. The molecule has 0 saturated carbocycles. The molecule has 0 saturated heterocycles. The number of carbonyl (C=O) groups excluding carboxylic acids is 1. The van der Waals surface area contributed by atoms with Crippen LogP contribution in [0.3, 0.4) is 0 Å². The lowest BCUT2D eigenvalue weighted by Crippen LogP contribution is -2.13. The molecule has 1 aromatic carbocycles. The van der Waals surface area contributed by atoms with Crippen LogP contribution in [0.1, 0.15) is 10.4 Å². The van der Waals surface area contributed by atoms with Crippen LogP contribution < -0.4 is 10.1 Å². The Bertz CT molecular complexity index is 561. The fraction of sp³-hybridized carbons (Fsp3) is 0.0909. The van der Waals surface area contributed by atoms with Crippen molar-refractivity contribution >= 4 is 18.1 Å². The zero-order valence-electron chi connectivity index (χ0n) is 9.70. The Morgan fingerprint density at radius 1 is 1.44 bits per heavy atom. The van der Waals surface area contributed by atoms with Crippen LogP contribution in [0, 0.1) is 0 Å². The molecule has 1 heterocycles. The van der Waals surface area contributed by atoms with Gasteiger partial charge in [0, 0.05) is 11.8 Å². The number of benzene rings is 1. The monoisotopic (exact) mass is 245 g/mol. The number of anilines is 1. The highest BCUT2D eigenvalue weighted by atomic mass is 16.5. The molecule has 0 atom stereocenters. The minimum absolute atomic E-state index is 0.121. The van der Waals surface area contributed by atoms with Crippen LogP contribution in [0.5, 0.6) is 5.75 Å². The highest BCUT2D eigenvalue weighted by molar-refractivity contribution is 6.03. The van der Waals surface area contributed by atoms with Crippen LogP contribution in [0.4, 0.5) is 5.95 Å². The van der Waals surface area contributed by atoms with Gasteiger partial charge in [-0.1, -0.05) is 11.7 Å². The number of nitrogens with zero attached hydrogens (tertiary/aromatic N) is 4. The Hall–Kier alpha value is -2.70. The average Bonchev–Trinajstić information content (AvgIpc) is 2.86. The van der Waals surface area contributed by atoms with Crippen molar-refractivity contribution in [3.05, 3.63) is 36.4 Å². The zero-order valence-corrected chi connectivity index (χ0v) is 9.70. The number of carbonyl (C=O) groups is 1. The molecular formula is C11H11N5O2. The third-order valence-corrected chi connectivity index (χ3v) is 2.17. The molecule has 0 aliphatic rings. The van der Waals surface area contributed by atoms with Crippen LogP contribution in [-0.4, -0.2) is 33.2 Å². The van der Waals surface area contributed by atoms with Crippen LogP contribution in [-0.2, 0) is 0 Å². The molecule has 92 valence electrons. The minimum Gasteiger partial charge on any atom is -0.497 e. The van der Waals surface area contributed by atoms with Gasteiger partial charge in [0.05, 0.1) is 7.11 Å². The molecule has 7 nitrogen and oxygen atoms in total. The summed E-state index contributed by atoms with van der Waals surface area (Å²) < 4.78 is 5.00. The standard InChI is InChI=1S/C11H11N5O2/c1-3-16-14-11(13-15-16)12-10(17)8-4-6-9(18-2)7-5-8/h3-7H,1H2,2H3,(H,12,14,17). The van der Waals surface area contributed by atoms with Crippen molar-refractivity contribution in [1.29, 1.82) is 0 Å². The van der Waals surface area contributed by atoms with Gasteiger partial charge in [-0.15, -0.1) is 9.90 Å². The molecule has 1 amide bonds. The van der Waals surface area contributed by atoms with E-state index in [1.54, 1.807) is 31.4 Å². The Labute approximate surface area is 103 Å². The molecule has 0 radical (unpaired) electrons. The van der Waals surface area contributed by atoms with Gasteiger partial charge in [0.25, 0.3) is 11.9 Å². The van der Waals surface area contributed by atoms with E-state index in [4.69, 9.17) is 4.74 Å². The predicted octanol–water partition coefficient (Wildman–Crippen LogP) is 1.03. The summed E-state index contributed by atoms with van der Waals surface area (Å²) in [6, 6.07) is 6.68. The number of ether oxygens (including phenoxy) is 1. The molecule has 0 aliphatic carbocycles. The van der Waals surface area contributed by atoms with E-state index in [-0.39, 0.29) is 11.9 Å². The van der Waals surface area contributed by atoms with Crippen LogP contribution >= 0.6 is 0 Å². The first-order valence-electron chi connectivity index (χ1n) is 5.10. The van der Waals surface area contributed by atoms with E-state index < -0.39 is 0 Å². The fourth-order valence-corrected chi connectivity index (χ4v) is 1.27. The molecular weight excluding hydrogens is 234 g/mol. The average molecular weight is 245 g/mol. The predicted molar refractivity (Wildman–Crippen MR) is 65.2 cm³/mol. The fourth-order valence-electron chi connectivity index (χ4n) is 1.27. The maximum atomic E-state index is 11.8. The third kappa shape index (κ3) is 2.51. The van der Waals surface area contributed by atoms with E-state index >= 15 is 0 Å². The summed E-state index contributed by atoms with van der Waals surface area (Å²) in [5.41, 5.74) is 0.478. The van der Waals surface area contributed by atoms with Gasteiger partial charge in [-0.3, -0.25) is 10.1 Å². The van der Waals surface area contributed by atoms with Crippen molar-refractivity contribution in [2.24, 2.45) is 0 Å². The van der Waals surface area contributed by atoms with E-state index in [0.29, 0.717) is 11.3 Å². The Morgan fingerprint density at radius 3 is 2.72 bits per heavy atom. The highest BCUT2D eigenvalue weighted by Crippen LogP contribution is 2.12. The first-order valence-corrected chi connectivity index (χ1v) is 5.10. The van der Waals surface area contributed by atoms with Crippen molar-refractivity contribution in [3.63, 3.8) is 0 Å². The number of amides is 1. The van der Waals surface area contributed by atoms with Gasteiger partial charge in [-0.05, 0) is 29.5 Å². The molecule has 1 N–H and O–H groups in total. The highest BCUT2D eigenvalue weighted by Gasteiger charge is 2.09. The Morgan fingerprint density at radius 2 is 2.17 bits per heavy atom. The topological polar surface area (TPSA) is 81.9 Å². The molecule has 0 fully saturated rings. The summed E-state index contributed by atoms with van der Waals surface area (Å²) >= 11 is 0. The van der Waals surface area contributed by atoms with Crippen molar-refractivity contribution in [2.45, 2.75) is 0 Å². The van der Waals surface area contributed by atoms with E-state index in [0.717, 1.165) is 4.80 Å². The van der Waals surface area contributed by atoms with Gasteiger partial charge >= 0.3 is 0 Å². The zero-order chi connectivity index (χ0) is 13.0. The summed E-state index contributed by atoms with van der Waals surface area (Å²) in [6.07, 6.45) is 1.37. The van der Waals surface area contributed by atoms with Crippen LogP contribution in [0.15, 0.2) is 30.8 Å². The number of hydrogen-bond donors (Lipinski definition) is 1. The summed E-state index contributed by atoms with van der Waals surface area (Å²) in [5.74, 6) is 0.485. The summed E-state index contributed by atoms with van der Waals surface area (Å²) in [5, 5.41) is 13.6. The molecule has 18 heavy (non-hydrogen) atoms. The van der Waals surface area contributed by atoms with E-state index in [2.05, 4.69) is 27.3 Å². The molecule has 0 unspecified atom stereocenters. The van der Waals surface area contributed by atoms with Crippen molar-refractivity contribution in [1.82, 2.24) is 20.2 Å². The number of nitrogens with one attached hydrogen (secondary N) is 1. The summed E-state index contributed by atoms with van der Waals surface area (Å²) in [4.78, 5) is 13.0. The second-order valence-electron chi connectivity index (χ2n) is 3.30. The first-order chi connectivity index (χ1) is 8.72. The van der Waals surface area contributed by atoms with Crippen molar-refractivity contribution < 1.29 is 9.53 Å². The number of rotatable bonds is 4. The van der Waals surface area contributed by atoms with E-state index in [1.165, 1.54) is 6.20 Å². The van der Waals surface area contributed by atoms with Gasteiger partial charge in [0.2, 0.25) is 0 Å².